The number of likely N-dealkylation sites (tertiary alicyclic amines) is 1. The van der Waals surface area contributed by atoms with E-state index in [9.17, 15) is 20.0 Å². The summed E-state index contributed by atoms with van der Waals surface area (Å²) < 4.78 is 0. The number of nitro benzene ring substituents is 1. The Balaban J connectivity index is 2.25. The summed E-state index contributed by atoms with van der Waals surface area (Å²) in [4.78, 5) is 23.8. The van der Waals surface area contributed by atoms with E-state index in [-0.39, 0.29) is 29.4 Å². The third-order valence-electron chi connectivity index (χ3n) is 3.21. The monoisotopic (exact) mass is 265 g/mol. The summed E-state index contributed by atoms with van der Waals surface area (Å²) in [5.74, 6) is -0.333. The molecule has 19 heavy (non-hydrogen) atoms. The highest BCUT2D eigenvalue weighted by Crippen LogP contribution is 2.26. The van der Waals surface area contributed by atoms with E-state index in [1.54, 1.807) is 6.92 Å². The smallest absolute Gasteiger partial charge is 0.292 e. The molecule has 0 aromatic heterocycles. The molecular weight excluding hydrogens is 250 g/mol. The molecule has 0 aliphatic carbocycles. The largest absolute Gasteiger partial charge is 0.393 e. The van der Waals surface area contributed by atoms with Crippen LogP contribution in [0.15, 0.2) is 18.2 Å². The zero-order valence-corrected chi connectivity index (χ0v) is 10.5. The summed E-state index contributed by atoms with van der Waals surface area (Å²) in [6.07, 6.45) is 0.496. The van der Waals surface area contributed by atoms with Crippen LogP contribution in [0.1, 0.15) is 23.7 Å². The molecule has 1 aliphatic heterocycles. The molecule has 0 spiro atoms. The van der Waals surface area contributed by atoms with Crippen molar-refractivity contribution in [1.82, 2.24) is 4.90 Å². The van der Waals surface area contributed by atoms with E-state index in [1.807, 2.05) is 0 Å². The first kappa shape index (κ1) is 13.3. The Labute approximate surface area is 109 Å². The molecule has 1 heterocycles. The summed E-state index contributed by atoms with van der Waals surface area (Å²) in [7, 11) is 0. The van der Waals surface area contributed by atoms with Crippen LogP contribution in [0.2, 0.25) is 0 Å². The molecular formula is C12H15N3O4. The molecule has 7 heteroatoms. The number of amides is 1. The number of nitrogens with two attached hydrogens (primary N) is 1. The molecule has 3 N–H and O–H groups in total. The number of β-amino-alcohol motifs (C(OH)–C–C–N with tert-alkyl or cyclic N) is 1. The van der Waals surface area contributed by atoms with Crippen LogP contribution >= 0.6 is 0 Å². The average Bonchev–Trinajstić information content (AvgIpc) is 2.69. The van der Waals surface area contributed by atoms with Gasteiger partial charge in [-0.15, -0.1) is 0 Å². The van der Waals surface area contributed by atoms with Crippen molar-refractivity contribution in [3.05, 3.63) is 33.9 Å². The Hall–Kier alpha value is -2.15. The first-order valence-electron chi connectivity index (χ1n) is 5.86. The quantitative estimate of drug-likeness (QED) is 0.466. The number of nitro groups is 1. The SMILES string of the molecule is CC1(O)CCN(C(=O)c2ccc(N)c([N+](=O)[O-])c2)C1. The van der Waals surface area contributed by atoms with E-state index in [0.29, 0.717) is 13.0 Å². The Bertz CT molecular complexity index is 542. The summed E-state index contributed by atoms with van der Waals surface area (Å²) in [6, 6.07) is 3.97. The molecule has 0 radical (unpaired) electrons. The highest BCUT2D eigenvalue weighted by atomic mass is 16.6. The molecule has 1 fully saturated rings. The third kappa shape index (κ3) is 2.65. The molecule has 102 valence electrons. The van der Waals surface area contributed by atoms with Gasteiger partial charge in [0.25, 0.3) is 11.6 Å². The van der Waals surface area contributed by atoms with E-state index >= 15 is 0 Å². The maximum absolute atomic E-state index is 12.2. The van der Waals surface area contributed by atoms with Gasteiger partial charge in [-0.1, -0.05) is 0 Å². The van der Waals surface area contributed by atoms with Crippen molar-refractivity contribution in [2.24, 2.45) is 0 Å². The van der Waals surface area contributed by atoms with Crippen molar-refractivity contribution >= 4 is 17.3 Å². The van der Waals surface area contributed by atoms with Gasteiger partial charge in [0, 0.05) is 24.7 Å². The summed E-state index contributed by atoms with van der Waals surface area (Å²) in [5.41, 5.74) is 4.54. The van der Waals surface area contributed by atoms with Gasteiger partial charge in [-0.05, 0) is 25.5 Å². The fraction of sp³-hybridized carbons (Fsp3) is 0.417. The number of aliphatic hydroxyl groups is 1. The van der Waals surface area contributed by atoms with Crippen LogP contribution in [0.5, 0.6) is 0 Å². The summed E-state index contributed by atoms with van der Waals surface area (Å²) in [6.45, 7) is 2.32. The molecule has 1 aliphatic rings. The van der Waals surface area contributed by atoms with E-state index in [0.717, 1.165) is 0 Å². The van der Waals surface area contributed by atoms with Gasteiger partial charge >= 0.3 is 0 Å². The third-order valence-corrected chi connectivity index (χ3v) is 3.21. The highest BCUT2D eigenvalue weighted by molar-refractivity contribution is 5.95. The van der Waals surface area contributed by atoms with Crippen LogP contribution in [0.3, 0.4) is 0 Å². The second-order valence-corrected chi connectivity index (χ2v) is 5.00. The predicted octanol–water partition coefficient (Wildman–Crippen LogP) is 0.774. The number of anilines is 1. The van der Waals surface area contributed by atoms with Gasteiger partial charge < -0.3 is 15.7 Å². The molecule has 0 bridgehead atoms. The second kappa shape index (κ2) is 4.51. The molecule has 1 atom stereocenters. The van der Waals surface area contributed by atoms with Gasteiger partial charge in [0.1, 0.15) is 5.69 Å². The lowest BCUT2D eigenvalue weighted by Crippen LogP contribution is -2.33. The Kier molecular flexibility index (Phi) is 3.15. The number of carbonyl (C=O) groups excluding carboxylic acids is 1. The lowest BCUT2D eigenvalue weighted by molar-refractivity contribution is -0.383. The van der Waals surface area contributed by atoms with Crippen LogP contribution in [-0.4, -0.2) is 39.5 Å². The van der Waals surface area contributed by atoms with Gasteiger partial charge in [0.15, 0.2) is 0 Å². The van der Waals surface area contributed by atoms with Crippen LogP contribution in [0, 0.1) is 10.1 Å². The van der Waals surface area contributed by atoms with Crippen LogP contribution < -0.4 is 5.73 Å². The lowest BCUT2D eigenvalue weighted by atomic mass is 10.1. The second-order valence-electron chi connectivity index (χ2n) is 5.00. The normalized spacial score (nSPS) is 22.5. The van der Waals surface area contributed by atoms with Gasteiger partial charge in [0.05, 0.1) is 10.5 Å². The number of benzene rings is 1. The average molecular weight is 265 g/mol. The Morgan fingerprint density at radius 3 is 2.79 bits per heavy atom. The highest BCUT2D eigenvalue weighted by Gasteiger charge is 2.34. The molecule has 1 aromatic carbocycles. The van der Waals surface area contributed by atoms with Gasteiger partial charge in [-0.25, -0.2) is 0 Å². The van der Waals surface area contributed by atoms with E-state index in [4.69, 9.17) is 5.73 Å². The van der Waals surface area contributed by atoms with Gasteiger partial charge in [-0.3, -0.25) is 14.9 Å². The number of nitrogens with zero attached hydrogens (tertiary/aromatic N) is 2. The standard InChI is InChI=1S/C12H15N3O4/c1-12(17)4-5-14(7-12)11(16)8-2-3-9(13)10(6-8)15(18)19/h2-3,6,17H,4-5,7,13H2,1H3. The topological polar surface area (TPSA) is 110 Å². The zero-order valence-electron chi connectivity index (χ0n) is 10.5. The number of nitrogen functional groups attached to an aromatic ring is 1. The number of hydrogen-bond donors (Lipinski definition) is 2. The lowest BCUT2D eigenvalue weighted by Gasteiger charge is -2.19. The van der Waals surface area contributed by atoms with Crippen molar-refractivity contribution in [2.45, 2.75) is 18.9 Å². The minimum absolute atomic E-state index is 0.0231. The van der Waals surface area contributed by atoms with Crippen molar-refractivity contribution in [2.75, 3.05) is 18.8 Å². The van der Waals surface area contributed by atoms with Crippen LogP contribution in [0.4, 0.5) is 11.4 Å². The number of hydrogen-bond acceptors (Lipinski definition) is 5. The molecule has 0 saturated carbocycles. The molecule has 1 saturated heterocycles. The fourth-order valence-electron chi connectivity index (χ4n) is 2.14. The van der Waals surface area contributed by atoms with Crippen LogP contribution in [0.25, 0.3) is 0 Å². The summed E-state index contributed by atoms with van der Waals surface area (Å²) in [5, 5.41) is 20.6. The van der Waals surface area contributed by atoms with E-state index < -0.39 is 10.5 Å². The van der Waals surface area contributed by atoms with Gasteiger partial charge in [-0.2, -0.15) is 0 Å². The molecule has 1 unspecified atom stereocenters. The molecule has 7 nitrogen and oxygen atoms in total. The Morgan fingerprint density at radius 2 is 2.26 bits per heavy atom. The first-order chi connectivity index (χ1) is 8.80. The molecule has 2 rings (SSSR count). The minimum atomic E-state index is -0.893. The maximum atomic E-state index is 12.2. The van der Waals surface area contributed by atoms with E-state index in [1.165, 1.54) is 23.1 Å². The van der Waals surface area contributed by atoms with E-state index in [2.05, 4.69) is 0 Å². The maximum Gasteiger partial charge on any atom is 0.292 e. The minimum Gasteiger partial charge on any atom is -0.393 e. The van der Waals surface area contributed by atoms with Crippen molar-refractivity contribution < 1.29 is 14.8 Å². The number of rotatable bonds is 2. The van der Waals surface area contributed by atoms with Crippen molar-refractivity contribution in [3.63, 3.8) is 0 Å². The fourth-order valence-corrected chi connectivity index (χ4v) is 2.14. The van der Waals surface area contributed by atoms with Crippen LogP contribution in [-0.2, 0) is 0 Å². The van der Waals surface area contributed by atoms with Gasteiger partial charge in [0.2, 0.25) is 0 Å². The zero-order chi connectivity index (χ0) is 14.2. The van der Waals surface area contributed by atoms with Crippen molar-refractivity contribution in [3.8, 4) is 0 Å². The first-order valence-corrected chi connectivity index (χ1v) is 5.86. The molecule has 1 amide bonds. The Morgan fingerprint density at radius 1 is 1.58 bits per heavy atom. The number of carbonyl (C=O) groups is 1. The predicted molar refractivity (Wildman–Crippen MR) is 68.7 cm³/mol. The summed E-state index contributed by atoms with van der Waals surface area (Å²) >= 11 is 0. The molecule has 1 aromatic rings. The van der Waals surface area contributed by atoms with Crippen molar-refractivity contribution in [1.29, 1.82) is 0 Å².